The summed E-state index contributed by atoms with van der Waals surface area (Å²) >= 11 is 7.09. The smallest absolute Gasteiger partial charge is 0.136 e. The molecule has 1 aliphatic heterocycles. The molecular weight excluding hydrogens is 468 g/mol. The van der Waals surface area contributed by atoms with Gasteiger partial charge in [0.2, 0.25) is 0 Å². The fourth-order valence-electron chi connectivity index (χ4n) is 3.72. The predicted octanol–water partition coefficient (Wildman–Crippen LogP) is 6.33. The zero-order valence-corrected chi connectivity index (χ0v) is 17.9. The SMILES string of the molecule is Oc1c(Br)cc(Br)cc1C1N(c2ccccc2)CCCN1c1ccccc1. The third-order valence-electron chi connectivity index (χ3n) is 4.90. The van der Waals surface area contributed by atoms with E-state index >= 15 is 0 Å². The van der Waals surface area contributed by atoms with Crippen LogP contribution in [0.3, 0.4) is 0 Å². The van der Waals surface area contributed by atoms with Gasteiger partial charge in [-0.15, -0.1) is 0 Å². The lowest BCUT2D eigenvalue weighted by molar-refractivity contribution is 0.437. The van der Waals surface area contributed by atoms with E-state index in [0.717, 1.165) is 40.9 Å². The molecule has 1 saturated heterocycles. The molecule has 0 saturated carbocycles. The molecule has 4 rings (SSSR count). The summed E-state index contributed by atoms with van der Waals surface area (Å²) in [5, 5.41) is 10.9. The monoisotopic (exact) mass is 486 g/mol. The molecule has 1 aliphatic rings. The number of phenolic OH excluding ortho intramolecular Hbond substituents is 1. The van der Waals surface area contributed by atoms with Crippen LogP contribution in [0.2, 0.25) is 0 Å². The van der Waals surface area contributed by atoms with E-state index in [4.69, 9.17) is 0 Å². The molecule has 3 nitrogen and oxygen atoms in total. The maximum atomic E-state index is 10.9. The molecule has 0 radical (unpaired) electrons. The number of anilines is 2. The van der Waals surface area contributed by atoms with Crippen molar-refractivity contribution in [3.05, 3.63) is 87.3 Å². The van der Waals surface area contributed by atoms with E-state index in [1.54, 1.807) is 0 Å². The first-order valence-corrected chi connectivity index (χ1v) is 10.5. The van der Waals surface area contributed by atoms with E-state index < -0.39 is 0 Å². The fraction of sp³-hybridized carbons (Fsp3) is 0.182. The molecule has 3 aromatic rings. The first-order valence-electron chi connectivity index (χ1n) is 8.96. The Morgan fingerprint density at radius 2 is 1.30 bits per heavy atom. The van der Waals surface area contributed by atoms with Gasteiger partial charge in [0.1, 0.15) is 11.9 Å². The number of nitrogens with zero attached hydrogens (tertiary/aromatic N) is 2. The summed E-state index contributed by atoms with van der Waals surface area (Å²) in [5.74, 6) is 0.284. The van der Waals surface area contributed by atoms with Crippen LogP contribution in [0.25, 0.3) is 0 Å². The van der Waals surface area contributed by atoms with Crippen LogP contribution >= 0.6 is 31.9 Å². The van der Waals surface area contributed by atoms with Crippen LogP contribution in [0.1, 0.15) is 18.2 Å². The van der Waals surface area contributed by atoms with Crippen molar-refractivity contribution >= 4 is 43.2 Å². The molecule has 0 atom stereocenters. The van der Waals surface area contributed by atoms with Crippen molar-refractivity contribution in [2.75, 3.05) is 22.9 Å². The zero-order valence-electron chi connectivity index (χ0n) is 14.7. The number of para-hydroxylation sites is 2. The van der Waals surface area contributed by atoms with Crippen molar-refractivity contribution in [1.82, 2.24) is 0 Å². The Bertz CT molecular complexity index is 871. The van der Waals surface area contributed by atoms with Crippen molar-refractivity contribution < 1.29 is 5.11 Å². The Labute approximate surface area is 176 Å². The summed E-state index contributed by atoms with van der Waals surface area (Å²) in [5.41, 5.74) is 3.18. The minimum atomic E-state index is -0.0997. The first kappa shape index (κ1) is 18.4. The van der Waals surface area contributed by atoms with Crippen LogP contribution in [0.15, 0.2) is 81.7 Å². The normalized spacial score (nSPS) is 15.2. The fourth-order valence-corrected chi connectivity index (χ4v) is 4.98. The van der Waals surface area contributed by atoms with Crippen LogP contribution in [0.5, 0.6) is 5.75 Å². The van der Waals surface area contributed by atoms with E-state index in [-0.39, 0.29) is 11.9 Å². The molecule has 1 heterocycles. The Morgan fingerprint density at radius 1 is 0.778 bits per heavy atom. The topological polar surface area (TPSA) is 26.7 Å². The minimum absolute atomic E-state index is 0.0997. The Kier molecular flexibility index (Phi) is 5.41. The highest BCUT2D eigenvalue weighted by Crippen LogP contribution is 2.43. The van der Waals surface area contributed by atoms with Crippen LogP contribution in [0, 0.1) is 0 Å². The van der Waals surface area contributed by atoms with Gasteiger partial charge in [-0.2, -0.15) is 0 Å². The highest BCUT2D eigenvalue weighted by Gasteiger charge is 2.33. The largest absolute Gasteiger partial charge is 0.506 e. The van der Waals surface area contributed by atoms with E-state index in [9.17, 15) is 5.11 Å². The number of aromatic hydroxyl groups is 1. The standard InChI is InChI=1S/C22H20Br2N2O/c23-16-14-19(21(27)20(24)15-16)22-25(17-8-3-1-4-9-17)12-7-13-26(22)18-10-5-2-6-11-18/h1-6,8-11,14-15,22,27H,7,12-13H2. The van der Waals surface area contributed by atoms with Gasteiger partial charge in [0, 0.05) is 34.5 Å². The average molecular weight is 488 g/mol. The first-order chi connectivity index (χ1) is 13.1. The lowest BCUT2D eigenvalue weighted by Gasteiger charge is -2.47. The highest BCUT2D eigenvalue weighted by molar-refractivity contribution is 9.11. The molecule has 3 aromatic carbocycles. The Hall–Kier alpha value is -1.98. The number of rotatable bonds is 3. The number of benzene rings is 3. The van der Waals surface area contributed by atoms with E-state index in [0.29, 0.717) is 4.47 Å². The van der Waals surface area contributed by atoms with Crippen LogP contribution in [0.4, 0.5) is 11.4 Å². The Morgan fingerprint density at radius 3 is 1.81 bits per heavy atom. The number of hydrogen-bond acceptors (Lipinski definition) is 3. The van der Waals surface area contributed by atoms with Crippen molar-refractivity contribution in [2.45, 2.75) is 12.6 Å². The van der Waals surface area contributed by atoms with Crippen LogP contribution in [-0.4, -0.2) is 18.2 Å². The van der Waals surface area contributed by atoms with Gasteiger partial charge in [-0.3, -0.25) is 0 Å². The summed E-state index contributed by atoms with van der Waals surface area (Å²) < 4.78 is 1.63. The summed E-state index contributed by atoms with van der Waals surface area (Å²) in [7, 11) is 0. The van der Waals surface area contributed by atoms with Gasteiger partial charge >= 0.3 is 0 Å². The molecule has 0 amide bonds. The molecule has 1 fully saturated rings. The number of phenols is 1. The van der Waals surface area contributed by atoms with Gasteiger partial charge in [0.15, 0.2) is 0 Å². The zero-order chi connectivity index (χ0) is 18.8. The van der Waals surface area contributed by atoms with Crippen LogP contribution in [-0.2, 0) is 0 Å². The molecule has 5 heteroatoms. The third kappa shape index (κ3) is 3.71. The molecule has 138 valence electrons. The van der Waals surface area contributed by atoms with Crippen molar-refractivity contribution in [1.29, 1.82) is 0 Å². The van der Waals surface area contributed by atoms with Gasteiger partial charge < -0.3 is 14.9 Å². The summed E-state index contributed by atoms with van der Waals surface area (Å²) in [6.45, 7) is 1.86. The Balaban J connectivity index is 1.88. The van der Waals surface area contributed by atoms with Gasteiger partial charge in [0.05, 0.1) is 4.47 Å². The maximum absolute atomic E-state index is 10.9. The van der Waals surface area contributed by atoms with Crippen molar-refractivity contribution in [3.8, 4) is 5.75 Å². The molecule has 0 spiro atoms. The highest BCUT2D eigenvalue weighted by atomic mass is 79.9. The molecule has 0 aliphatic carbocycles. The lowest BCUT2D eigenvalue weighted by atomic mass is 10.0. The van der Waals surface area contributed by atoms with Gasteiger partial charge in [-0.05, 0) is 58.7 Å². The molecule has 1 N–H and O–H groups in total. The van der Waals surface area contributed by atoms with Gasteiger partial charge in [-0.25, -0.2) is 0 Å². The number of halogens is 2. The predicted molar refractivity (Wildman–Crippen MR) is 118 cm³/mol. The van der Waals surface area contributed by atoms with E-state index in [1.165, 1.54) is 0 Å². The molecule has 0 aromatic heterocycles. The summed E-state index contributed by atoms with van der Waals surface area (Å²) in [6, 6.07) is 24.7. The summed E-state index contributed by atoms with van der Waals surface area (Å²) in [6.07, 6.45) is 0.952. The lowest BCUT2D eigenvalue weighted by Crippen LogP contribution is -2.48. The third-order valence-corrected chi connectivity index (χ3v) is 5.96. The minimum Gasteiger partial charge on any atom is -0.506 e. The number of hydrogen-bond donors (Lipinski definition) is 1. The second-order valence-electron chi connectivity index (χ2n) is 6.61. The molecule has 0 bridgehead atoms. The second kappa shape index (κ2) is 7.95. The molecule has 27 heavy (non-hydrogen) atoms. The summed E-state index contributed by atoms with van der Waals surface area (Å²) in [4.78, 5) is 4.73. The van der Waals surface area contributed by atoms with Crippen molar-refractivity contribution in [2.24, 2.45) is 0 Å². The van der Waals surface area contributed by atoms with Gasteiger partial charge in [-0.1, -0.05) is 52.3 Å². The van der Waals surface area contributed by atoms with Crippen LogP contribution < -0.4 is 9.80 Å². The van der Waals surface area contributed by atoms with E-state index in [1.807, 2.05) is 24.3 Å². The maximum Gasteiger partial charge on any atom is 0.136 e. The quantitative estimate of drug-likeness (QED) is 0.467. The molecular formula is C22H20Br2N2O. The average Bonchev–Trinajstić information content (AvgIpc) is 2.71. The van der Waals surface area contributed by atoms with Gasteiger partial charge in [0.25, 0.3) is 0 Å². The van der Waals surface area contributed by atoms with E-state index in [2.05, 4.69) is 90.2 Å². The molecule has 0 unspecified atom stereocenters. The second-order valence-corrected chi connectivity index (χ2v) is 8.38. The van der Waals surface area contributed by atoms with Crippen molar-refractivity contribution in [3.63, 3.8) is 0 Å².